The Kier molecular flexibility index (Phi) is 6.34. The molecule has 6 fully saturated rings. The van der Waals surface area contributed by atoms with Crippen LogP contribution in [0, 0.1) is 58.2 Å². The zero-order chi connectivity index (χ0) is 22.0. The van der Waals surface area contributed by atoms with Gasteiger partial charge in [0.2, 0.25) is 0 Å². The zero-order valence-corrected chi connectivity index (χ0v) is 21.9. The summed E-state index contributed by atoms with van der Waals surface area (Å²) in [5.74, 6) is 9.65. The van der Waals surface area contributed by atoms with Crippen molar-refractivity contribution in [1.29, 1.82) is 0 Å². The third-order valence-corrected chi connectivity index (χ3v) is 11.8. The topological polar surface area (TPSA) is 0 Å². The Bertz CT molecular complexity index is 608. The highest BCUT2D eigenvalue weighted by Crippen LogP contribution is 2.70. The highest BCUT2D eigenvalue weighted by atomic mass is 14.6. The summed E-state index contributed by atoms with van der Waals surface area (Å²) in [5.41, 5.74) is 1.25. The molecule has 30 heavy (non-hydrogen) atoms. The van der Waals surface area contributed by atoms with Crippen LogP contribution in [0.3, 0.4) is 0 Å². The van der Waals surface area contributed by atoms with Gasteiger partial charge >= 0.3 is 0 Å². The number of rotatable bonds is 8. The van der Waals surface area contributed by atoms with E-state index in [2.05, 4.69) is 69.5 Å². The Morgan fingerprint density at radius 1 is 0.833 bits per heavy atom. The highest BCUT2D eigenvalue weighted by Gasteiger charge is 2.62. The van der Waals surface area contributed by atoms with E-state index in [9.17, 15) is 0 Å². The number of hydrogen-bond acceptors (Lipinski definition) is 0. The van der Waals surface area contributed by atoms with Crippen molar-refractivity contribution >= 4 is 14.0 Å². The molecule has 6 aliphatic rings. The standard InChI is InChI=1S/C28H51B2/c1-17(2)15-29-16-18(3)10-22-24-12-21(28(24,7)8)14-26(22)30(9)25-13-20-11-23(19(25)4)27(20,5)6/h17-26H,10-16H2,1-9H3/t18?,19-,20+,21+,22-,23-,24-,25-,26-/m1/s1. The van der Waals surface area contributed by atoms with E-state index < -0.39 is 0 Å². The van der Waals surface area contributed by atoms with Crippen LogP contribution in [0.5, 0.6) is 0 Å². The number of hydrogen-bond donors (Lipinski definition) is 0. The van der Waals surface area contributed by atoms with E-state index in [-0.39, 0.29) is 0 Å². The van der Waals surface area contributed by atoms with Crippen LogP contribution in [0.4, 0.5) is 0 Å². The third-order valence-electron chi connectivity index (χ3n) is 11.8. The Morgan fingerprint density at radius 3 is 1.93 bits per heavy atom. The summed E-state index contributed by atoms with van der Waals surface area (Å²) < 4.78 is 0. The van der Waals surface area contributed by atoms with Gasteiger partial charge in [-0.2, -0.15) is 0 Å². The average molecular weight is 409 g/mol. The molecule has 0 heterocycles. The maximum Gasteiger partial charge on any atom is 0.143 e. The smallest absolute Gasteiger partial charge is 0.0856 e. The molecule has 0 aliphatic heterocycles. The normalized spacial score (nSPS) is 44.1. The molecule has 0 aromatic carbocycles. The van der Waals surface area contributed by atoms with Gasteiger partial charge in [0, 0.05) is 0 Å². The average Bonchev–Trinajstić information content (AvgIpc) is 2.66. The summed E-state index contributed by atoms with van der Waals surface area (Å²) in [7, 11) is 2.60. The van der Waals surface area contributed by atoms with Gasteiger partial charge in [-0.1, -0.05) is 111 Å². The predicted octanol–water partition coefficient (Wildman–Crippen LogP) is 8.46. The first kappa shape index (κ1) is 23.3. The van der Waals surface area contributed by atoms with Gasteiger partial charge in [0.15, 0.2) is 0 Å². The van der Waals surface area contributed by atoms with Crippen LogP contribution < -0.4 is 0 Å². The Labute approximate surface area is 190 Å². The van der Waals surface area contributed by atoms with Crippen molar-refractivity contribution in [1.82, 2.24) is 0 Å². The maximum atomic E-state index is 2.70. The van der Waals surface area contributed by atoms with Crippen LogP contribution in [0.25, 0.3) is 0 Å². The van der Waals surface area contributed by atoms with Crippen molar-refractivity contribution in [2.24, 2.45) is 58.2 Å². The first-order valence-corrected chi connectivity index (χ1v) is 13.8. The van der Waals surface area contributed by atoms with E-state index >= 15 is 0 Å². The van der Waals surface area contributed by atoms with Gasteiger partial charge in [-0.25, -0.2) is 0 Å². The maximum absolute atomic E-state index is 2.70. The van der Waals surface area contributed by atoms with Gasteiger partial charge < -0.3 is 0 Å². The summed E-state index contributed by atoms with van der Waals surface area (Å²) in [6.07, 6.45) is 10.3. The van der Waals surface area contributed by atoms with Crippen molar-refractivity contribution in [2.75, 3.05) is 0 Å². The summed E-state index contributed by atoms with van der Waals surface area (Å²) in [6, 6.07) is 0. The van der Waals surface area contributed by atoms with Crippen molar-refractivity contribution in [3.8, 4) is 0 Å². The van der Waals surface area contributed by atoms with Crippen molar-refractivity contribution in [3.05, 3.63) is 0 Å². The minimum absolute atomic E-state index is 0.616. The Morgan fingerprint density at radius 2 is 1.40 bits per heavy atom. The quantitative estimate of drug-likeness (QED) is 0.353. The molecule has 0 amide bonds. The Hall–Kier alpha value is 0.130. The SMILES string of the molecule is CB([C@@H]1C[C@@H]2C[C@H]([C@H]1C)C2(C)C)[C@@H]1C[C@@H]2C[C@H]([C@H]1CC(C)C[B]CC(C)C)C2(C)C. The fourth-order valence-electron chi connectivity index (χ4n) is 9.40. The lowest BCUT2D eigenvalue weighted by Crippen LogP contribution is -2.59. The van der Waals surface area contributed by atoms with Crippen LogP contribution >= 0.6 is 0 Å². The molecule has 169 valence electrons. The molecule has 0 N–H and O–H groups in total. The fraction of sp³-hybridized carbons (Fsp3) is 1.00. The molecule has 6 saturated carbocycles. The highest BCUT2D eigenvalue weighted by molar-refractivity contribution is 6.61. The molecule has 4 bridgehead atoms. The monoisotopic (exact) mass is 409 g/mol. The molecule has 0 saturated heterocycles. The molecule has 1 radical (unpaired) electrons. The lowest BCUT2D eigenvalue weighted by molar-refractivity contribution is -0.114. The van der Waals surface area contributed by atoms with Crippen LogP contribution in [0.2, 0.25) is 31.1 Å². The predicted molar refractivity (Wildman–Crippen MR) is 136 cm³/mol. The second kappa shape index (κ2) is 8.17. The van der Waals surface area contributed by atoms with Gasteiger partial charge in [-0.15, -0.1) is 0 Å². The van der Waals surface area contributed by atoms with Gasteiger partial charge in [0.1, 0.15) is 14.0 Å². The molecule has 6 rings (SSSR count). The van der Waals surface area contributed by atoms with Crippen LogP contribution in [0.15, 0.2) is 0 Å². The second-order valence-corrected chi connectivity index (χ2v) is 14.4. The van der Waals surface area contributed by atoms with Crippen LogP contribution in [-0.4, -0.2) is 14.0 Å². The molecule has 2 heteroatoms. The molecular weight excluding hydrogens is 358 g/mol. The van der Waals surface area contributed by atoms with Crippen molar-refractivity contribution in [2.45, 2.75) is 119 Å². The van der Waals surface area contributed by atoms with Crippen molar-refractivity contribution < 1.29 is 0 Å². The van der Waals surface area contributed by atoms with Crippen molar-refractivity contribution in [3.63, 3.8) is 0 Å². The summed E-state index contributed by atoms with van der Waals surface area (Å²) >= 11 is 0. The second-order valence-electron chi connectivity index (χ2n) is 14.4. The van der Waals surface area contributed by atoms with E-state index in [1.54, 1.807) is 12.8 Å². The largest absolute Gasteiger partial charge is 0.143 e. The summed E-state index contributed by atoms with van der Waals surface area (Å²) in [5, 5.41) is 0. The van der Waals surface area contributed by atoms with E-state index in [0.717, 1.165) is 65.7 Å². The van der Waals surface area contributed by atoms with E-state index in [4.69, 9.17) is 0 Å². The molecule has 9 atom stereocenters. The zero-order valence-electron chi connectivity index (χ0n) is 21.9. The third kappa shape index (κ3) is 3.77. The lowest BCUT2D eigenvalue weighted by atomic mass is 9.22. The first-order valence-electron chi connectivity index (χ1n) is 13.8. The molecule has 6 aliphatic carbocycles. The van der Waals surface area contributed by atoms with Crippen LogP contribution in [-0.2, 0) is 0 Å². The van der Waals surface area contributed by atoms with Gasteiger partial charge in [0.05, 0.1) is 0 Å². The minimum atomic E-state index is 0.616. The molecule has 0 aromatic rings. The minimum Gasteiger partial charge on any atom is -0.0856 e. The van der Waals surface area contributed by atoms with E-state index in [0.29, 0.717) is 10.8 Å². The van der Waals surface area contributed by atoms with E-state index in [1.807, 2.05) is 0 Å². The molecular formula is C28H51B2. The molecule has 1 unspecified atom stereocenters. The molecule has 0 nitrogen and oxygen atoms in total. The lowest BCUT2D eigenvalue weighted by Gasteiger charge is -2.66. The van der Waals surface area contributed by atoms with Gasteiger partial charge in [0.25, 0.3) is 0 Å². The van der Waals surface area contributed by atoms with Gasteiger partial charge in [-0.3, -0.25) is 0 Å². The molecule has 0 spiro atoms. The number of fused-ring (bicyclic) bond motifs is 4. The van der Waals surface area contributed by atoms with E-state index in [1.165, 1.54) is 31.9 Å². The summed E-state index contributed by atoms with van der Waals surface area (Å²) in [6.45, 7) is 23.9. The first-order chi connectivity index (χ1) is 13.9. The fourth-order valence-corrected chi connectivity index (χ4v) is 9.40. The molecule has 0 aromatic heterocycles. The van der Waals surface area contributed by atoms with Gasteiger partial charge in [-0.05, 0) is 65.6 Å². The Balaban J connectivity index is 1.44. The summed E-state index contributed by atoms with van der Waals surface area (Å²) in [4.78, 5) is 0. The van der Waals surface area contributed by atoms with Crippen LogP contribution in [0.1, 0.15) is 87.5 Å².